The first-order chi connectivity index (χ1) is 16.5. The van der Waals surface area contributed by atoms with Crippen LogP contribution in [0, 0.1) is 11.3 Å². The highest BCUT2D eigenvalue weighted by atomic mass is 16.6. The first-order valence-corrected chi connectivity index (χ1v) is 12.8. The predicted molar refractivity (Wildman–Crippen MR) is 139 cm³/mol. The van der Waals surface area contributed by atoms with Crippen molar-refractivity contribution in [1.29, 1.82) is 0 Å². The minimum absolute atomic E-state index is 0.0284. The van der Waals surface area contributed by atoms with Gasteiger partial charge in [0.2, 0.25) is 0 Å². The fourth-order valence-electron chi connectivity index (χ4n) is 5.39. The molecule has 1 N–H and O–H groups in total. The molecule has 35 heavy (non-hydrogen) atoms. The maximum Gasteiger partial charge on any atom is 0.310 e. The Hall–Kier alpha value is -2.66. The Kier molecular flexibility index (Phi) is 8.76. The largest absolute Gasteiger partial charge is 0.481 e. The van der Waals surface area contributed by atoms with Crippen LogP contribution in [0.1, 0.15) is 89.9 Å². The molecule has 3 rings (SSSR count). The molecule has 1 fully saturated rings. The normalized spacial score (nSPS) is 18.1. The Morgan fingerprint density at radius 3 is 1.77 bits per heavy atom. The van der Waals surface area contributed by atoms with E-state index in [1.165, 1.54) is 0 Å². The molecule has 0 amide bonds. The second-order valence-corrected chi connectivity index (χ2v) is 11.1. The number of carbonyl (C=O) groups excluding carboxylic acids is 1. The van der Waals surface area contributed by atoms with Crippen LogP contribution in [-0.2, 0) is 14.3 Å². The first-order valence-electron chi connectivity index (χ1n) is 12.8. The third kappa shape index (κ3) is 6.94. The van der Waals surface area contributed by atoms with Gasteiger partial charge in [-0.15, -0.1) is 0 Å². The van der Waals surface area contributed by atoms with Gasteiger partial charge in [-0.1, -0.05) is 73.5 Å². The molecule has 0 unspecified atom stereocenters. The summed E-state index contributed by atoms with van der Waals surface area (Å²) in [5.41, 5.74) is 0.820. The topological polar surface area (TPSA) is 66.8 Å². The molecule has 0 aliphatic heterocycles. The third-order valence-corrected chi connectivity index (χ3v) is 7.38. The molecule has 0 aromatic heterocycles. The molecule has 3 atom stereocenters. The number of aliphatic carboxylic acids is 1. The van der Waals surface area contributed by atoms with Gasteiger partial charge in [-0.05, 0) is 65.0 Å². The van der Waals surface area contributed by atoms with E-state index in [0.29, 0.717) is 25.8 Å². The summed E-state index contributed by atoms with van der Waals surface area (Å²) in [5.74, 6) is -1.64. The van der Waals surface area contributed by atoms with Gasteiger partial charge in [0.25, 0.3) is 0 Å². The summed E-state index contributed by atoms with van der Waals surface area (Å²) >= 11 is 0. The summed E-state index contributed by atoms with van der Waals surface area (Å²) in [6.45, 7) is 10.3. The van der Waals surface area contributed by atoms with Crippen molar-refractivity contribution in [3.8, 4) is 0 Å². The number of hydrogen-bond donors (Lipinski definition) is 1. The lowest BCUT2D eigenvalue weighted by Gasteiger charge is -2.39. The molecule has 5 nitrogen and oxygen atoms in total. The van der Waals surface area contributed by atoms with Crippen molar-refractivity contribution < 1.29 is 19.4 Å². The SMILES string of the molecule is C[C@@H](c1ccccc1)N(C[C@H](CC1(C(=O)O)CCCC1)C(=O)OC(C)(C)C)[C@@H](C)c1ccccc1. The summed E-state index contributed by atoms with van der Waals surface area (Å²) in [6, 6.07) is 20.6. The smallest absolute Gasteiger partial charge is 0.310 e. The van der Waals surface area contributed by atoms with Gasteiger partial charge in [0.05, 0.1) is 11.3 Å². The average molecular weight is 480 g/mol. The fourth-order valence-corrected chi connectivity index (χ4v) is 5.39. The van der Waals surface area contributed by atoms with Crippen LogP contribution >= 0.6 is 0 Å². The lowest BCUT2D eigenvalue weighted by molar-refractivity contribution is -0.164. The van der Waals surface area contributed by atoms with Crippen LogP contribution < -0.4 is 0 Å². The van der Waals surface area contributed by atoms with Gasteiger partial charge < -0.3 is 9.84 Å². The fraction of sp³-hybridized carbons (Fsp3) is 0.533. The number of rotatable bonds is 10. The highest BCUT2D eigenvalue weighted by Crippen LogP contribution is 2.45. The van der Waals surface area contributed by atoms with E-state index < -0.39 is 22.9 Å². The quantitative estimate of drug-likeness (QED) is 0.379. The van der Waals surface area contributed by atoms with Gasteiger partial charge in [0.1, 0.15) is 5.60 Å². The van der Waals surface area contributed by atoms with Crippen LogP contribution in [0.4, 0.5) is 0 Å². The van der Waals surface area contributed by atoms with Crippen molar-refractivity contribution in [2.45, 2.75) is 84.4 Å². The molecule has 0 heterocycles. The highest BCUT2D eigenvalue weighted by molar-refractivity contribution is 5.78. The molecule has 0 spiro atoms. The number of carboxylic acids is 1. The highest BCUT2D eigenvalue weighted by Gasteiger charge is 2.46. The molecule has 0 saturated heterocycles. The monoisotopic (exact) mass is 479 g/mol. The lowest BCUT2D eigenvalue weighted by Crippen LogP contribution is -2.43. The molecule has 2 aromatic rings. The molecule has 1 saturated carbocycles. The van der Waals surface area contributed by atoms with Crippen molar-refractivity contribution >= 4 is 11.9 Å². The van der Waals surface area contributed by atoms with Gasteiger partial charge >= 0.3 is 11.9 Å². The maximum absolute atomic E-state index is 13.5. The average Bonchev–Trinajstić information content (AvgIpc) is 3.31. The Labute approximate surface area is 210 Å². The minimum atomic E-state index is -0.862. The summed E-state index contributed by atoms with van der Waals surface area (Å²) < 4.78 is 5.85. The summed E-state index contributed by atoms with van der Waals surface area (Å²) in [4.78, 5) is 28.2. The molecule has 190 valence electrons. The minimum Gasteiger partial charge on any atom is -0.481 e. The van der Waals surface area contributed by atoms with E-state index in [1.807, 2.05) is 57.2 Å². The van der Waals surface area contributed by atoms with Crippen molar-refractivity contribution in [2.75, 3.05) is 6.54 Å². The summed E-state index contributed by atoms with van der Waals surface area (Å²) in [7, 11) is 0. The summed E-state index contributed by atoms with van der Waals surface area (Å²) in [6.07, 6.45) is 3.31. The van der Waals surface area contributed by atoms with Gasteiger partial charge in [0, 0.05) is 18.6 Å². The first kappa shape index (κ1) is 26.9. The third-order valence-electron chi connectivity index (χ3n) is 7.38. The molecule has 0 bridgehead atoms. The van der Waals surface area contributed by atoms with E-state index in [0.717, 1.165) is 24.0 Å². The van der Waals surface area contributed by atoms with Gasteiger partial charge in [-0.3, -0.25) is 14.5 Å². The Morgan fingerprint density at radius 2 is 1.37 bits per heavy atom. The number of carbonyl (C=O) groups is 2. The van der Waals surface area contributed by atoms with Crippen molar-refractivity contribution in [3.05, 3.63) is 71.8 Å². The number of ether oxygens (including phenoxy) is 1. The van der Waals surface area contributed by atoms with E-state index in [4.69, 9.17) is 4.74 Å². The van der Waals surface area contributed by atoms with E-state index in [9.17, 15) is 14.7 Å². The predicted octanol–water partition coefficient (Wildman–Crippen LogP) is 6.80. The standard InChI is InChI=1S/C30H41NO4/c1-22(24-14-8-6-9-15-24)31(23(2)25-16-10-7-11-17-25)21-26(27(32)35-29(3,4)5)20-30(28(33)34)18-12-13-19-30/h6-11,14-17,22-23,26H,12-13,18-21H2,1-5H3,(H,33,34)/t22-,23-,26-/m0/s1. The molecule has 1 aliphatic carbocycles. The molecular weight excluding hydrogens is 438 g/mol. The van der Waals surface area contributed by atoms with Gasteiger partial charge in [0.15, 0.2) is 0 Å². The van der Waals surface area contributed by atoms with E-state index in [-0.39, 0.29) is 18.1 Å². The van der Waals surface area contributed by atoms with E-state index in [2.05, 4.69) is 43.0 Å². The second-order valence-electron chi connectivity index (χ2n) is 11.1. The summed E-state index contributed by atoms with van der Waals surface area (Å²) in [5, 5.41) is 10.2. The van der Waals surface area contributed by atoms with Crippen LogP contribution in [0.2, 0.25) is 0 Å². The molecule has 0 radical (unpaired) electrons. The van der Waals surface area contributed by atoms with Crippen molar-refractivity contribution in [2.24, 2.45) is 11.3 Å². The van der Waals surface area contributed by atoms with Crippen LogP contribution in [0.25, 0.3) is 0 Å². The van der Waals surface area contributed by atoms with Crippen LogP contribution in [0.5, 0.6) is 0 Å². The number of carboxylic acid groups (broad SMARTS) is 1. The van der Waals surface area contributed by atoms with Crippen molar-refractivity contribution in [1.82, 2.24) is 4.90 Å². The molecular formula is C30H41NO4. The second kappa shape index (κ2) is 11.4. The van der Waals surface area contributed by atoms with Gasteiger partial charge in [-0.25, -0.2) is 0 Å². The molecule has 2 aromatic carbocycles. The number of esters is 1. The van der Waals surface area contributed by atoms with Crippen LogP contribution in [0.3, 0.4) is 0 Å². The molecule has 1 aliphatic rings. The van der Waals surface area contributed by atoms with Gasteiger partial charge in [-0.2, -0.15) is 0 Å². The van der Waals surface area contributed by atoms with Crippen LogP contribution in [0.15, 0.2) is 60.7 Å². The molecule has 5 heteroatoms. The maximum atomic E-state index is 13.5. The number of hydrogen-bond acceptors (Lipinski definition) is 4. The Bertz CT molecular complexity index is 915. The zero-order valence-corrected chi connectivity index (χ0v) is 21.9. The zero-order chi connectivity index (χ0) is 25.6. The lowest BCUT2D eigenvalue weighted by atomic mass is 9.77. The zero-order valence-electron chi connectivity index (χ0n) is 21.9. The Morgan fingerprint density at radius 1 is 0.914 bits per heavy atom. The number of nitrogens with zero attached hydrogens (tertiary/aromatic N) is 1. The number of benzene rings is 2. The van der Waals surface area contributed by atoms with E-state index >= 15 is 0 Å². The van der Waals surface area contributed by atoms with Crippen LogP contribution in [-0.4, -0.2) is 34.1 Å². The van der Waals surface area contributed by atoms with Crippen molar-refractivity contribution in [3.63, 3.8) is 0 Å². The Balaban J connectivity index is 1.98. The van der Waals surface area contributed by atoms with E-state index in [1.54, 1.807) is 0 Å².